The second-order valence-electron chi connectivity index (χ2n) is 1.66. The number of halogens is 5. The summed E-state index contributed by atoms with van der Waals surface area (Å²) in [5.74, 6) is -1.86. The van der Waals surface area contributed by atoms with E-state index in [-0.39, 0.29) is 0 Å². The molecule has 0 aromatic heterocycles. The highest BCUT2D eigenvalue weighted by atomic mass is 127. The third kappa shape index (κ3) is 3.22. The zero-order valence-electron chi connectivity index (χ0n) is 4.54. The van der Waals surface area contributed by atoms with Gasteiger partial charge in [-0.1, -0.05) is 6.92 Å². The van der Waals surface area contributed by atoms with Crippen LogP contribution in [0, 0.1) is 5.92 Å². The first-order chi connectivity index (χ1) is 3.85. The molecule has 0 aromatic rings. The molecule has 2 atom stereocenters. The van der Waals surface area contributed by atoms with Crippen LogP contribution in [0.3, 0.4) is 0 Å². The Morgan fingerprint density at radius 2 is 1.67 bits per heavy atom. The molecule has 0 aliphatic heterocycles. The molecule has 0 radical (unpaired) electrons. The van der Waals surface area contributed by atoms with Gasteiger partial charge in [0.25, 0.3) is 0 Å². The lowest BCUT2D eigenvalue weighted by atomic mass is 10.2. The molecule has 0 rings (SSSR count). The normalized spacial score (nSPS) is 19.3. The highest BCUT2D eigenvalue weighted by Gasteiger charge is 2.40. The zero-order chi connectivity index (χ0) is 7.65. The van der Waals surface area contributed by atoms with Gasteiger partial charge in [0.15, 0.2) is 4.18 Å². The Bertz CT molecular complexity index is 87.1. The van der Waals surface area contributed by atoms with E-state index in [0.717, 1.165) is 29.5 Å². The van der Waals surface area contributed by atoms with Crippen LogP contribution in [0.15, 0.2) is 0 Å². The van der Waals surface area contributed by atoms with E-state index in [1.54, 1.807) is 0 Å². The highest BCUT2D eigenvalue weighted by molar-refractivity contribution is 14.1. The first-order valence-corrected chi connectivity index (χ1v) is 3.45. The summed E-state index contributed by atoms with van der Waals surface area (Å²) in [6, 6.07) is 0. The van der Waals surface area contributed by atoms with Crippen LogP contribution in [0.4, 0.5) is 17.6 Å². The maximum Gasteiger partial charge on any atom is 0.395 e. The lowest BCUT2D eigenvalue weighted by Crippen LogP contribution is -2.25. The van der Waals surface area contributed by atoms with E-state index < -0.39 is 16.3 Å². The Hall–Kier alpha value is 0.450. The molecule has 0 nitrogen and oxygen atoms in total. The van der Waals surface area contributed by atoms with E-state index in [1.165, 1.54) is 0 Å². The van der Waals surface area contributed by atoms with Gasteiger partial charge in [0.2, 0.25) is 0 Å². The lowest BCUT2D eigenvalue weighted by Gasteiger charge is -2.14. The molecule has 56 valence electrons. The molecule has 0 saturated carbocycles. The lowest BCUT2D eigenvalue weighted by molar-refractivity contribution is -0.175. The van der Waals surface area contributed by atoms with Gasteiger partial charge in [0, 0.05) is 0 Å². The summed E-state index contributed by atoms with van der Waals surface area (Å²) in [7, 11) is 0. The van der Waals surface area contributed by atoms with Crippen molar-refractivity contribution in [3.63, 3.8) is 0 Å². The second kappa shape index (κ2) is 3.03. The zero-order valence-corrected chi connectivity index (χ0v) is 6.70. The summed E-state index contributed by atoms with van der Waals surface area (Å²) >= 11 is 1.11. The van der Waals surface area contributed by atoms with Gasteiger partial charge in [-0.15, -0.1) is 0 Å². The Kier molecular flexibility index (Phi) is 3.18. The minimum absolute atomic E-state index is 0.817. The van der Waals surface area contributed by atoms with Gasteiger partial charge >= 0.3 is 6.18 Å². The summed E-state index contributed by atoms with van der Waals surface area (Å²) in [6.07, 6.45) is -4.40. The SMILES string of the molecule is C[C@H]([C@H](F)I)C(F)(F)F. The summed E-state index contributed by atoms with van der Waals surface area (Å²) in [6.45, 7) is 0.817. The summed E-state index contributed by atoms with van der Waals surface area (Å²) in [5.41, 5.74) is 0. The van der Waals surface area contributed by atoms with Gasteiger partial charge in [0.05, 0.1) is 5.92 Å². The molecule has 0 unspecified atom stereocenters. The summed E-state index contributed by atoms with van der Waals surface area (Å²) in [5, 5.41) is 0. The molecule has 5 heteroatoms. The Balaban J connectivity index is 3.88. The summed E-state index contributed by atoms with van der Waals surface area (Å²) in [4.78, 5) is 0. The van der Waals surface area contributed by atoms with Crippen LogP contribution in [0.25, 0.3) is 0 Å². The van der Waals surface area contributed by atoms with Crippen molar-refractivity contribution in [2.75, 3.05) is 0 Å². The summed E-state index contributed by atoms with van der Waals surface area (Å²) < 4.78 is 44.4. The third-order valence-corrected chi connectivity index (χ3v) is 1.97. The van der Waals surface area contributed by atoms with Crippen molar-refractivity contribution in [2.24, 2.45) is 5.92 Å². The van der Waals surface area contributed by atoms with Crippen LogP contribution in [-0.2, 0) is 0 Å². The quantitative estimate of drug-likeness (QED) is 0.384. The molecule has 0 spiro atoms. The fourth-order valence-electron chi connectivity index (χ4n) is 0.143. The molecule has 0 aliphatic rings. The van der Waals surface area contributed by atoms with Gasteiger partial charge in [-0.2, -0.15) is 13.2 Å². The molecular weight excluding hydrogens is 251 g/mol. The molecule has 0 saturated heterocycles. The average molecular weight is 256 g/mol. The monoisotopic (exact) mass is 256 g/mol. The van der Waals surface area contributed by atoms with Gasteiger partial charge in [0.1, 0.15) is 0 Å². The Labute approximate surface area is 63.8 Å². The van der Waals surface area contributed by atoms with Crippen molar-refractivity contribution in [1.29, 1.82) is 0 Å². The van der Waals surface area contributed by atoms with Crippen LogP contribution >= 0.6 is 22.6 Å². The largest absolute Gasteiger partial charge is 0.395 e. The second-order valence-corrected chi connectivity index (χ2v) is 2.85. The topological polar surface area (TPSA) is 0 Å². The van der Waals surface area contributed by atoms with Crippen molar-refractivity contribution < 1.29 is 17.6 Å². The maximum absolute atomic E-state index is 11.9. The first-order valence-electron chi connectivity index (χ1n) is 2.20. The van der Waals surface area contributed by atoms with Crippen molar-refractivity contribution in [2.45, 2.75) is 17.3 Å². The van der Waals surface area contributed by atoms with Crippen LogP contribution in [0.5, 0.6) is 0 Å². The minimum Gasteiger partial charge on any atom is -0.235 e. The van der Waals surface area contributed by atoms with Crippen LogP contribution in [-0.4, -0.2) is 10.4 Å². The molecule has 0 N–H and O–H groups in total. The van der Waals surface area contributed by atoms with E-state index in [0.29, 0.717) is 0 Å². The third-order valence-electron chi connectivity index (χ3n) is 0.894. The number of hydrogen-bond acceptors (Lipinski definition) is 0. The number of rotatable bonds is 1. The Morgan fingerprint density at radius 1 is 1.33 bits per heavy atom. The molecule has 0 bridgehead atoms. The van der Waals surface area contributed by atoms with Crippen molar-refractivity contribution in [1.82, 2.24) is 0 Å². The highest BCUT2D eigenvalue weighted by Crippen LogP contribution is 2.32. The standard InChI is InChI=1S/C4H5F4I/c1-2(3(5)9)4(6,7)8/h2-3H,1H3/t2-,3-/m1/s1. The van der Waals surface area contributed by atoms with E-state index >= 15 is 0 Å². The molecular formula is C4H5F4I. The van der Waals surface area contributed by atoms with E-state index in [4.69, 9.17) is 0 Å². The molecule has 0 heterocycles. The van der Waals surface area contributed by atoms with Gasteiger partial charge in [-0.25, -0.2) is 4.39 Å². The molecule has 0 aliphatic carbocycles. The maximum atomic E-state index is 11.9. The van der Waals surface area contributed by atoms with Crippen molar-refractivity contribution in [3.05, 3.63) is 0 Å². The molecule has 9 heavy (non-hydrogen) atoms. The predicted octanol–water partition coefficient (Wildman–Crippen LogP) is 2.92. The van der Waals surface area contributed by atoms with Crippen LogP contribution in [0.1, 0.15) is 6.92 Å². The number of hydrogen-bond donors (Lipinski definition) is 0. The fourth-order valence-corrected chi connectivity index (χ4v) is 0.551. The van der Waals surface area contributed by atoms with Crippen molar-refractivity contribution in [3.8, 4) is 0 Å². The first kappa shape index (κ1) is 9.45. The predicted molar refractivity (Wildman–Crippen MR) is 34.1 cm³/mol. The van der Waals surface area contributed by atoms with E-state index in [9.17, 15) is 17.6 Å². The van der Waals surface area contributed by atoms with Crippen LogP contribution in [0.2, 0.25) is 0 Å². The van der Waals surface area contributed by atoms with E-state index in [1.807, 2.05) is 0 Å². The average Bonchev–Trinajstić information content (AvgIpc) is 1.62. The fraction of sp³-hybridized carbons (Fsp3) is 1.00. The Morgan fingerprint density at radius 3 is 1.67 bits per heavy atom. The van der Waals surface area contributed by atoms with Crippen molar-refractivity contribution >= 4 is 22.6 Å². The van der Waals surface area contributed by atoms with Crippen LogP contribution < -0.4 is 0 Å². The molecule has 0 fully saturated rings. The molecule has 0 aromatic carbocycles. The number of alkyl halides is 5. The van der Waals surface area contributed by atoms with Gasteiger partial charge in [-0.05, 0) is 22.6 Å². The van der Waals surface area contributed by atoms with E-state index in [2.05, 4.69) is 0 Å². The minimum atomic E-state index is -4.40. The van der Waals surface area contributed by atoms with Gasteiger partial charge < -0.3 is 0 Å². The van der Waals surface area contributed by atoms with Gasteiger partial charge in [-0.3, -0.25) is 0 Å². The molecule has 0 amide bonds. The smallest absolute Gasteiger partial charge is 0.235 e.